The number of anilines is 8. The molecule has 0 atom stereocenters. The number of hydrogen-bond acceptors (Lipinski definition) is 7. The second-order valence-corrected chi connectivity index (χ2v) is 19.4. The Balaban J connectivity index is 0.000000106. The number of para-hydroxylation sites is 6. The summed E-state index contributed by atoms with van der Waals surface area (Å²) in [7, 11) is 0. The third-order valence-electron chi connectivity index (χ3n) is 12.2. The fourth-order valence-electron chi connectivity index (χ4n) is 8.69. The van der Waals surface area contributed by atoms with Crippen LogP contribution in [0.4, 0.5) is 45.5 Å². The van der Waals surface area contributed by atoms with Gasteiger partial charge in [0.05, 0.1) is 0 Å². The Bertz CT molecular complexity index is 3830. The molecule has 0 radical (unpaired) electrons. The Labute approximate surface area is 432 Å². The van der Waals surface area contributed by atoms with E-state index < -0.39 is 0 Å². The summed E-state index contributed by atoms with van der Waals surface area (Å²) in [6.45, 7) is 0. The Hall–Kier alpha value is -9.14. The molecule has 3 aromatic heterocycles. The van der Waals surface area contributed by atoms with Crippen molar-refractivity contribution in [1.82, 2.24) is 0 Å². The van der Waals surface area contributed by atoms with Gasteiger partial charge in [-0.05, 0) is 127 Å². The standard InChI is InChI=1S/C18H13NO.2C18H13NS.C12H11N/c2*1-2-6-13(7-3-1)19-14-10-11-18-16(12-14)15-8-4-5-9-17(15)20-18;1-2-6-13(7-3-1)19-14-10-11-16-15-8-4-5-9-17(15)20-18(16)12-14;1-3-7-11(8-4-1)13-12-9-5-2-6-10-12/h3*1-12,19H;1-10,13H. The van der Waals surface area contributed by atoms with Gasteiger partial charge in [-0.15, -0.1) is 22.7 Å². The van der Waals surface area contributed by atoms with Crippen molar-refractivity contribution in [3.63, 3.8) is 0 Å². The molecule has 0 amide bonds. The van der Waals surface area contributed by atoms with Gasteiger partial charge in [-0.2, -0.15) is 0 Å². The van der Waals surface area contributed by atoms with Crippen LogP contribution in [-0.2, 0) is 0 Å². The van der Waals surface area contributed by atoms with Gasteiger partial charge >= 0.3 is 0 Å². The van der Waals surface area contributed by atoms with Gasteiger partial charge in [0.25, 0.3) is 0 Å². The summed E-state index contributed by atoms with van der Waals surface area (Å²) in [6.07, 6.45) is 0. The molecule has 0 aliphatic heterocycles. The smallest absolute Gasteiger partial charge is 0.135 e. The molecule has 0 bridgehead atoms. The van der Waals surface area contributed by atoms with Gasteiger partial charge in [0.15, 0.2) is 0 Å². The molecule has 0 unspecified atom stereocenters. The number of hydrogen-bond donors (Lipinski definition) is 4. The van der Waals surface area contributed by atoms with Gasteiger partial charge in [-0.1, -0.05) is 152 Å². The van der Waals surface area contributed by atoms with E-state index in [-0.39, 0.29) is 0 Å². The first-order valence-corrected chi connectivity index (χ1v) is 25.9. The highest BCUT2D eigenvalue weighted by molar-refractivity contribution is 7.26. The van der Waals surface area contributed by atoms with E-state index in [1.165, 1.54) is 40.3 Å². The molecule has 5 nitrogen and oxygen atoms in total. The maximum absolute atomic E-state index is 5.83. The van der Waals surface area contributed by atoms with E-state index in [0.29, 0.717) is 0 Å². The van der Waals surface area contributed by atoms with Crippen molar-refractivity contribution in [3.05, 3.63) is 279 Å². The van der Waals surface area contributed by atoms with E-state index in [4.69, 9.17) is 4.42 Å². The van der Waals surface area contributed by atoms with E-state index in [1.54, 1.807) is 0 Å². The lowest BCUT2D eigenvalue weighted by Gasteiger charge is -2.06. The van der Waals surface area contributed by atoms with Crippen LogP contribution in [0.2, 0.25) is 0 Å². The fraction of sp³-hybridized carbons (Fsp3) is 0. The summed E-state index contributed by atoms with van der Waals surface area (Å²) < 4.78 is 11.2. The Morgan fingerprint density at radius 1 is 0.205 bits per heavy atom. The average molecular weight is 979 g/mol. The summed E-state index contributed by atoms with van der Waals surface area (Å²) in [5.41, 5.74) is 10.7. The average Bonchev–Trinajstić information content (AvgIpc) is 4.14. The molecule has 7 heteroatoms. The van der Waals surface area contributed by atoms with Crippen LogP contribution in [0.3, 0.4) is 0 Å². The minimum absolute atomic E-state index is 0.921. The molecule has 0 aliphatic carbocycles. The molecule has 73 heavy (non-hydrogen) atoms. The number of benzene rings is 11. The van der Waals surface area contributed by atoms with Crippen LogP contribution >= 0.6 is 22.7 Å². The maximum atomic E-state index is 5.83. The van der Waals surface area contributed by atoms with E-state index in [0.717, 1.165) is 67.4 Å². The van der Waals surface area contributed by atoms with E-state index in [1.807, 2.05) is 168 Å². The third kappa shape index (κ3) is 11.4. The van der Waals surface area contributed by atoms with Gasteiger partial charge < -0.3 is 25.7 Å². The lowest BCUT2D eigenvalue weighted by atomic mass is 10.1. The molecule has 0 fully saturated rings. The number of furan rings is 1. The second kappa shape index (κ2) is 22.3. The molecule has 0 spiro atoms. The monoisotopic (exact) mass is 978 g/mol. The summed E-state index contributed by atoms with van der Waals surface area (Å²) >= 11 is 3.70. The van der Waals surface area contributed by atoms with E-state index in [9.17, 15) is 0 Å². The van der Waals surface area contributed by atoms with Crippen molar-refractivity contribution in [3.8, 4) is 0 Å². The summed E-state index contributed by atoms with van der Waals surface area (Å²) in [5, 5.41) is 21.3. The van der Waals surface area contributed by atoms with Crippen molar-refractivity contribution in [2.75, 3.05) is 21.3 Å². The van der Waals surface area contributed by atoms with Crippen LogP contribution in [0, 0.1) is 0 Å². The van der Waals surface area contributed by atoms with Crippen molar-refractivity contribution >= 4 is 130 Å². The zero-order valence-electron chi connectivity index (χ0n) is 39.8. The quantitative estimate of drug-likeness (QED) is 0.122. The molecule has 14 rings (SSSR count). The van der Waals surface area contributed by atoms with Crippen LogP contribution in [0.1, 0.15) is 0 Å². The molecular formula is C66H50N4OS2. The minimum Gasteiger partial charge on any atom is -0.456 e. The minimum atomic E-state index is 0.921. The van der Waals surface area contributed by atoms with Crippen molar-refractivity contribution < 1.29 is 4.42 Å². The Kier molecular flexibility index (Phi) is 14.1. The molecule has 14 aromatic rings. The van der Waals surface area contributed by atoms with Gasteiger partial charge in [0, 0.05) is 96.6 Å². The first-order chi connectivity index (χ1) is 36.1. The predicted octanol–water partition coefficient (Wildman–Crippen LogP) is 20.4. The lowest BCUT2D eigenvalue weighted by molar-refractivity contribution is 0.669. The molecule has 11 aromatic carbocycles. The first kappa shape index (κ1) is 46.3. The van der Waals surface area contributed by atoms with Gasteiger partial charge in [0.2, 0.25) is 0 Å². The van der Waals surface area contributed by atoms with Crippen LogP contribution in [0.5, 0.6) is 0 Å². The van der Waals surface area contributed by atoms with E-state index in [2.05, 4.69) is 155 Å². The van der Waals surface area contributed by atoms with Crippen molar-refractivity contribution in [2.45, 2.75) is 0 Å². The largest absolute Gasteiger partial charge is 0.456 e. The highest BCUT2D eigenvalue weighted by Crippen LogP contribution is 2.37. The molecule has 0 saturated heterocycles. The second-order valence-electron chi connectivity index (χ2n) is 17.3. The number of nitrogens with one attached hydrogen (secondary N) is 4. The fourth-order valence-corrected chi connectivity index (χ4v) is 10.9. The lowest BCUT2D eigenvalue weighted by Crippen LogP contribution is -1.88. The van der Waals surface area contributed by atoms with Crippen LogP contribution < -0.4 is 21.3 Å². The zero-order chi connectivity index (χ0) is 49.0. The zero-order valence-corrected chi connectivity index (χ0v) is 41.4. The summed E-state index contributed by atoms with van der Waals surface area (Å²) in [4.78, 5) is 0. The molecule has 0 aliphatic rings. The highest BCUT2D eigenvalue weighted by atomic mass is 32.1. The highest BCUT2D eigenvalue weighted by Gasteiger charge is 2.09. The Morgan fingerprint density at radius 3 is 1.05 bits per heavy atom. The van der Waals surface area contributed by atoms with E-state index >= 15 is 0 Å². The molecule has 0 saturated carbocycles. The van der Waals surface area contributed by atoms with Gasteiger partial charge in [0.1, 0.15) is 11.2 Å². The summed E-state index contributed by atoms with van der Waals surface area (Å²) in [6, 6.07) is 95.6. The van der Waals surface area contributed by atoms with Gasteiger partial charge in [-0.3, -0.25) is 0 Å². The number of thiophene rings is 2. The molecule has 4 N–H and O–H groups in total. The molecule has 3 heterocycles. The number of fused-ring (bicyclic) bond motifs is 9. The molecule has 352 valence electrons. The van der Waals surface area contributed by atoms with Gasteiger partial charge in [-0.25, -0.2) is 0 Å². The van der Waals surface area contributed by atoms with Crippen LogP contribution in [0.25, 0.3) is 62.3 Å². The third-order valence-corrected chi connectivity index (χ3v) is 14.4. The van der Waals surface area contributed by atoms with Crippen LogP contribution in [-0.4, -0.2) is 0 Å². The SMILES string of the molecule is c1ccc(Nc2ccc3c(c2)sc2ccccc23)cc1.c1ccc(Nc2ccc3oc4ccccc4c3c2)cc1.c1ccc(Nc2ccc3sc4ccccc4c3c2)cc1.c1ccc(Nc2ccccc2)cc1. The van der Waals surface area contributed by atoms with Crippen molar-refractivity contribution in [2.24, 2.45) is 0 Å². The first-order valence-electron chi connectivity index (χ1n) is 24.2. The van der Waals surface area contributed by atoms with Crippen molar-refractivity contribution in [1.29, 1.82) is 0 Å². The summed E-state index contributed by atoms with van der Waals surface area (Å²) in [5.74, 6) is 0. The topological polar surface area (TPSA) is 61.3 Å². The van der Waals surface area contributed by atoms with Crippen LogP contribution in [0.15, 0.2) is 283 Å². The predicted molar refractivity (Wildman–Crippen MR) is 318 cm³/mol. The normalized spacial score (nSPS) is 10.7. The molecular weight excluding hydrogens is 929 g/mol. The maximum Gasteiger partial charge on any atom is 0.135 e. The Morgan fingerprint density at radius 2 is 0.534 bits per heavy atom. The number of rotatable bonds is 8.